The fourth-order valence-electron chi connectivity index (χ4n) is 3.94. The Morgan fingerprint density at radius 1 is 1.06 bits per heavy atom. The van der Waals surface area contributed by atoms with Crippen LogP contribution >= 0.6 is 11.6 Å². The molecule has 1 aliphatic heterocycles. The molecule has 7 heteroatoms. The summed E-state index contributed by atoms with van der Waals surface area (Å²) < 4.78 is 5.60. The fourth-order valence-corrected chi connectivity index (χ4v) is 4.27. The molecule has 176 valence electrons. The van der Waals surface area contributed by atoms with Crippen LogP contribution in [0.25, 0.3) is 11.3 Å². The summed E-state index contributed by atoms with van der Waals surface area (Å²) in [4.78, 5) is 15.5. The highest BCUT2D eigenvalue weighted by Gasteiger charge is 2.22. The van der Waals surface area contributed by atoms with E-state index in [0.29, 0.717) is 16.9 Å². The second-order valence-electron chi connectivity index (χ2n) is 8.06. The highest BCUT2D eigenvalue weighted by molar-refractivity contribution is 6.33. The smallest absolute Gasteiger partial charge is 0.145 e. The molecular weight excluding hydrogens is 434 g/mol. The predicted molar refractivity (Wildman–Crippen MR) is 137 cm³/mol. The van der Waals surface area contributed by atoms with Crippen LogP contribution in [0.1, 0.15) is 44.1 Å². The molecule has 6 nitrogen and oxygen atoms in total. The Kier molecular flexibility index (Phi) is 9.03. The first-order valence-corrected chi connectivity index (χ1v) is 12.0. The van der Waals surface area contributed by atoms with Gasteiger partial charge in [-0.1, -0.05) is 37.6 Å². The third kappa shape index (κ3) is 6.42. The third-order valence-corrected chi connectivity index (χ3v) is 6.01. The standard InChI is InChI=1S/C15H18ClN3.C11H16N2O/c1-4-12-14(18-13(5-2)15(17)19-12)10-7-6-9(3)8-11(10)16;1-2-14-11-5-8-13(9-11)10-3-6-12-7-4-10/h6-8H,4-5H2,1-3H3,(H2,17,19);3-4,6-7,11H,2,5,8-9H2,1H3. The van der Waals surface area contributed by atoms with Crippen LogP contribution in [0.5, 0.6) is 0 Å². The van der Waals surface area contributed by atoms with Crippen LogP contribution in [-0.2, 0) is 17.6 Å². The molecule has 0 saturated carbocycles. The van der Waals surface area contributed by atoms with Crippen LogP contribution < -0.4 is 10.6 Å². The third-order valence-electron chi connectivity index (χ3n) is 5.70. The molecule has 0 spiro atoms. The maximum absolute atomic E-state index is 6.33. The SMILES string of the molecule is CCOC1CCN(c2ccncc2)C1.CCc1nc(-c2ccc(C)cc2Cl)c(CC)nc1N. The molecule has 3 heterocycles. The first kappa shape index (κ1) is 24.9. The molecule has 1 saturated heterocycles. The summed E-state index contributed by atoms with van der Waals surface area (Å²) in [5, 5.41) is 0.704. The molecule has 1 fully saturated rings. The number of halogens is 1. The number of hydrogen-bond donors (Lipinski definition) is 1. The average Bonchev–Trinajstić information content (AvgIpc) is 3.29. The maximum Gasteiger partial charge on any atom is 0.145 e. The lowest BCUT2D eigenvalue weighted by molar-refractivity contribution is 0.0787. The van der Waals surface area contributed by atoms with E-state index in [-0.39, 0.29) is 0 Å². The van der Waals surface area contributed by atoms with Gasteiger partial charge in [0.15, 0.2) is 0 Å². The van der Waals surface area contributed by atoms with Crippen LogP contribution in [0, 0.1) is 6.92 Å². The number of aryl methyl sites for hydroxylation is 3. The zero-order valence-electron chi connectivity index (χ0n) is 20.0. The van der Waals surface area contributed by atoms with Crippen molar-refractivity contribution in [3.05, 3.63) is 64.7 Å². The van der Waals surface area contributed by atoms with Crippen molar-refractivity contribution < 1.29 is 4.74 Å². The monoisotopic (exact) mass is 467 g/mol. The first-order valence-electron chi connectivity index (χ1n) is 11.6. The Morgan fingerprint density at radius 2 is 1.79 bits per heavy atom. The lowest BCUT2D eigenvalue weighted by Gasteiger charge is -2.17. The minimum atomic E-state index is 0.410. The van der Waals surface area contributed by atoms with Crippen LogP contribution in [0.3, 0.4) is 0 Å². The Labute approximate surface area is 202 Å². The minimum absolute atomic E-state index is 0.410. The van der Waals surface area contributed by atoms with Gasteiger partial charge < -0.3 is 15.4 Å². The zero-order chi connectivity index (χ0) is 23.8. The molecule has 1 aliphatic rings. The Bertz CT molecular complexity index is 1040. The molecule has 1 atom stereocenters. The number of hydrogen-bond acceptors (Lipinski definition) is 6. The van der Waals surface area contributed by atoms with E-state index in [1.807, 2.05) is 63.5 Å². The molecule has 3 aromatic rings. The number of benzene rings is 1. The van der Waals surface area contributed by atoms with E-state index in [4.69, 9.17) is 22.1 Å². The number of aromatic nitrogens is 3. The predicted octanol–water partition coefficient (Wildman–Crippen LogP) is 5.51. The van der Waals surface area contributed by atoms with Crippen LogP contribution in [0.15, 0.2) is 42.7 Å². The number of nitrogens with two attached hydrogens (primary N) is 1. The van der Waals surface area contributed by atoms with E-state index < -0.39 is 0 Å². The topological polar surface area (TPSA) is 77.2 Å². The average molecular weight is 468 g/mol. The fraction of sp³-hybridized carbons (Fsp3) is 0.423. The summed E-state index contributed by atoms with van der Waals surface area (Å²) >= 11 is 6.33. The highest BCUT2D eigenvalue weighted by Crippen LogP contribution is 2.30. The second-order valence-corrected chi connectivity index (χ2v) is 8.47. The number of anilines is 2. The molecule has 1 unspecified atom stereocenters. The molecule has 1 aromatic carbocycles. The molecule has 0 radical (unpaired) electrons. The Morgan fingerprint density at radius 3 is 2.42 bits per heavy atom. The lowest BCUT2D eigenvalue weighted by atomic mass is 10.1. The van der Waals surface area contributed by atoms with E-state index in [1.165, 1.54) is 5.69 Å². The maximum atomic E-state index is 6.33. The van der Waals surface area contributed by atoms with E-state index in [1.54, 1.807) is 0 Å². The molecule has 33 heavy (non-hydrogen) atoms. The van der Waals surface area contributed by atoms with E-state index in [9.17, 15) is 0 Å². The van der Waals surface area contributed by atoms with Gasteiger partial charge >= 0.3 is 0 Å². The van der Waals surface area contributed by atoms with E-state index >= 15 is 0 Å². The van der Waals surface area contributed by atoms with Gasteiger partial charge in [-0.25, -0.2) is 9.97 Å². The Balaban J connectivity index is 0.000000194. The molecule has 2 aromatic heterocycles. The van der Waals surface area contributed by atoms with Gasteiger partial charge in [-0.3, -0.25) is 4.98 Å². The van der Waals surface area contributed by atoms with Crippen molar-refractivity contribution >= 4 is 23.1 Å². The quantitative estimate of drug-likeness (QED) is 0.515. The van der Waals surface area contributed by atoms with Crippen LogP contribution in [-0.4, -0.2) is 40.8 Å². The summed E-state index contributed by atoms with van der Waals surface area (Å²) in [5.74, 6) is 0.520. The summed E-state index contributed by atoms with van der Waals surface area (Å²) in [6, 6.07) is 10.1. The van der Waals surface area contributed by atoms with E-state index in [0.717, 1.165) is 67.2 Å². The number of rotatable bonds is 6. The summed E-state index contributed by atoms with van der Waals surface area (Å²) in [6.45, 7) is 11.0. The van der Waals surface area contributed by atoms with Gasteiger partial charge in [0.2, 0.25) is 0 Å². The van der Waals surface area contributed by atoms with Gasteiger partial charge in [0.25, 0.3) is 0 Å². The molecule has 0 aliphatic carbocycles. The minimum Gasteiger partial charge on any atom is -0.382 e. The van der Waals surface area contributed by atoms with Crippen LogP contribution in [0.2, 0.25) is 5.02 Å². The zero-order valence-corrected chi connectivity index (χ0v) is 20.8. The molecule has 4 rings (SSSR count). The summed E-state index contributed by atoms with van der Waals surface area (Å²) in [5.41, 5.74) is 11.8. The normalized spacial score (nSPS) is 15.3. The summed E-state index contributed by atoms with van der Waals surface area (Å²) in [7, 11) is 0. The second kappa shape index (κ2) is 12.0. The van der Waals surface area contributed by atoms with Gasteiger partial charge in [0.1, 0.15) is 5.82 Å². The number of nitrogens with zero attached hydrogens (tertiary/aromatic N) is 4. The van der Waals surface area contributed by atoms with Crippen molar-refractivity contribution in [2.45, 2.75) is 53.1 Å². The molecular formula is C26H34ClN5O. The Hall–Kier alpha value is -2.70. The van der Waals surface area contributed by atoms with Gasteiger partial charge in [-0.15, -0.1) is 0 Å². The van der Waals surface area contributed by atoms with Gasteiger partial charge in [0, 0.05) is 43.3 Å². The van der Waals surface area contributed by atoms with Crippen molar-refractivity contribution in [3.8, 4) is 11.3 Å². The van der Waals surface area contributed by atoms with Crippen molar-refractivity contribution in [1.82, 2.24) is 15.0 Å². The number of pyridine rings is 1. The van der Waals surface area contributed by atoms with Gasteiger partial charge in [-0.2, -0.15) is 0 Å². The number of nitrogen functional groups attached to an aromatic ring is 1. The number of ether oxygens (including phenoxy) is 1. The first-order chi connectivity index (χ1) is 16.0. The van der Waals surface area contributed by atoms with Crippen molar-refractivity contribution in [3.63, 3.8) is 0 Å². The largest absolute Gasteiger partial charge is 0.382 e. The highest BCUT2D eigenvalue weighted by atomic mass is 35.5. The molecule has 0 amide bonds. The van der Waals surface area contributed by atoms with Gasteiger partial charge in [0.05, 0.1) is 28.2 Å². The molecule has 2 N–H and O–H groups in total. The molecule has 0 bridgehead atoms. The van der Waals surface area contributed by atoms with Crippen molar-refractivity contribution in [2.24, 2.45) is 0 Å². The van der Waals surface area contributed by atoms with Crippen molar-refractivity contribution in [1.29, 1.82) is 0 Å². The van der Waals surface area contributed by atoms with Crippen LogP contribution in [0.4, 0.5) is 11.5 Å². The summed E-state index contributed by atoms with van der Waals surface area (Å²) in [6.07, 6.45) is 6.76. The van der Waals surface area contributed by atoms with E-state index in [2.05, 4.69) is 26.8 Å². The van der Waals surface area contributed by atoms with Gasteiger partial charge in [-0.05, 0) is 56.9 Å². The van der Waals surface area contributed by atoms with Crippen molar-refractivity contribution in [2.75, 3.05) is 30.3 Å². The lowest BCUT2D eigenvalue weighted by Crippen LogP contribution is -2.22.